The Morgan fingerprint density at radius 2 is 1.64 bits per heavy atom. The van der Waals surface area contributed by atoms with Gasteiger partial charge in [0.2, 0.25) is 0 Å². The van der Waals surface area contributed by atoms with Crippen LogP contribution in [0.15, 0.2) is 48.8 Å². The number of H-pyrrole nitrogens is 1. The lowest BCUT2D eigenvalue weighted by Gasteiger charge is -2.07. The van der Waals surface area contributed by atoms with Gasteiger partial charge < -0.3 is 0 Å². The van der Waals surface area contributed by atoms with Crippen molar-refractivity contribution >= 4 is 12.2 Å². The van der Waals surface area contributed by atoms with Gasteiger partial charge in [-0.05, 0) is 43.4 Å². The summed E-state index contributed by atoms with van der Waals surface area (Å²) in [6.07, 6.45) is 4.74. The first-order valence-electron chi connectivity index (χ1n) is 7.32. The van der Waals surface area contributed by atoms with E-state index >= 15 is 0 Å². The molecule has 0 amide bonds. The molecule has 0 saturated heterocycles. The Hall–Kier alpha value is -2.27. The second-order valence-corrected chi connectivity index (χ2v) is 5.35. The Morgan fingerprint density at radius 1 is 1.05 bits per heavy atom. The van der Waals surface area contributed by atoms with Crippen LogP contribution in [0.3, 0.4) is 0 Å². The normalized spacial score (nSPS) is 9.95. The fourth-order valence-corrected chi connectivity index (χ4v) is 2.16. The van der Waals surface area contributed by atoms with Gasteiger partial charge in [-0.1, -0.05) is 38.0 Å². The Morgan fingerprint density at radius 3 is 2.23 bits per heavy atom. The average Bonchev–Trinajstić information content (AvgIpc) is 2.92. The molecule has 22 heavy (non-hydrogen) atoms. The van der Waals surface area contributed by atoms with E-state index in [0.717, 1.165) is 17.1 Å². The summed E-state index contributed by atoms with van der Waals surface area (Å²) < 4.78 is 2.50. The quantitative estimate of drug-likeness (QED) is 0.697. The van der Waals surface area contributed by atoms with E-state index in [4.69, 9.17) is 12.2 Å². The van der Waals surface area contributed by atoms with Crippen molar-refractivity contribution in [3.63, 3.8) is 0 Å². The summed E-state index contributed by atoms with van der Waals surface area (Å²) >= 11 is 5.32. The van der Waals surface area contributed by atoms with E-state index in [1.54, 1.807) is 12.4 Å². The van der Waals surface area contributed by atoms with Gasteiger partial charge in [-0.15, -0.1) is 0 Å². The van der Waals surface area contributed by atoms with E-state index < -0.39 is 0 Å². The zero-order valence-corrected chi connectivity index (χ0v) is 13.9. The first-order chi connectivity index (χ1) is 10.7. The number of hydrogen-bond donors (Lipinski definition) is 1. The molecule has 0 aliphatic rings. The smallest absolute Gasteiger partial charge is 0.200 e. The molecule has 1 aromatic carbocycles. The third-order valence-corrected chi connectivity index (χ3v) is 3.18. The van der Waals surface area contributed by atoms with E-state index in [9.17, 15) is 0 Å². The van der Waals surface area contributed by atoms with E-state index in [-0.39, 0.29) is 0 Å². The van der Waals surface area contributed by atoms with Gasteiger partial charge in [0.1, 0.15) is 0 Å². The number of aromatic nitrogens is 4. The van der Waals surface area contributed by atoms with Crippen LogP contribution in [0.25, 0.3) is 17.1 Å². The maximum atomic E-state index is 5.32. The number of aromatic amines is 1. The zero-order valence-electron chi connectivity index (χ0n) is 13.1. The van der Waals surface area contributed by atoms with Crippen molar-refractivity contribution < 1.29 is 0 Å². The summed E-state index contributed by atoms with van der Waals surface area (Å²) in [6, 6.07) is 12.0. The monoisotopic (exact) mass is 312 g/mol. The Bertz CT molecular complexity index is 757. The highest BCUT2D eigenvalue weighted by Crippen LogP contribution is 2.20. The predicted molar refractivity (Wildman–Crippen MR) is 92.7 cm³/mol. The number of aryl methyl sites for hydroxylation is 1. The third kappa shape index (κ3) is 3.68. The Labute approximate surface area is 135 Å². The second kappa shape index (κ2) is 7.66. The molecule has 114 valence electrons. The van der Waals surface area contributed by atoms with Crippen LogP contribution in [-0.2, 0) is 0 Å². The minimum atomic E-state index is 0.579. The predicted octanol–water partition coefficient (Wildman–Crippen LogP) is 4.72. The third-order valence-electron chi connectivity index (χ3n) is 2.90. The van der Waals surface area contributed by atoms with Crippen LogP contribution >= 0.6 is 12.2 Å². The fourth-order valence-electron chi connectivity index (χ4n) is 1.92. The van der Waals surface area contributed by atoms with Gasteiger partial charge in [0.15, 0.2) is 10.6 Å². The standard InChI is InChI=1S/C14H12N4S.C3H8/c1-10-2-4-12(5-3-10)18-13(16-17-14(18)19)11-6-8-15-9-7-11;1-3-2/h2-9H,1H3,(H,17,19);3H2,1-2H3. The lowest BCUT2D eigenvalue weighted by Crippen LogP contribution is -1.97. The minimum absolute atomic E-state index is 0.579. The summed E-state index contributed by atoms with van der Waals surface area (Å²) in [5.41, 5.74) is 3.18. The van der Waals surface area contributed by atoms with E-state index in [2.05, 4.69) is 48.1 Å². The number of nitrogens with zero attached hydrogens (tertiary/aromatic N) is 3. The Kier molecular flexibility index (Phi) is 5.61. The number of pyridine rings is 1. The molecule has 0 aliphatic heterocycles. The molecule has 4 nitrogen and oxygen atoms in total. The maximum absolute atomic E-state index is 5.32. The van der Waals surface area contributed by atoms with Gasteiger partial charge in [-0.2, -0.15) is 5.10 Å². The van der Waals surface area contributed by atoms with Crippen molar-refractivity contribution in [1.82, 2.24) is 19.7 Å². The van der Waals surface area contributed by atoms with Crippen molar-refractivity contribution in [1.29, 1.82) is 0 Å². The van der Waals surface area contributed by atoms with Crippen LogP contribution in [0.1, 0.15) is 25.8 Å². The summed E-state index contributed by atoms with van der Waals surface area (Å²) in [7, 11) is 0. The molecule has 0 fully saturated rings. The largest absolute Gasteiger partial charge is 0.268 e. The summed E-state index contributed by atoms with van der Waals surface area (Å²) in [5.74, 6) is 0.788. The van der Waals surface area contributed by atoms with Gasteiger partial charge in [0, 0.05) is 23.6 Å². The highest BCUT2D eigenvalue weighted by Gasteiger charge is 2.09. The average molecular weight is 312 g/mol. The summed E-state index contributed by atoms with van der Waals surface area (Å²) in [6.45, 7) is 6.31. The topological polar surface area (TPSA) is 46.5 Å². The summed E-state index contributed by atoms with van der Waals surface area (Å²) in [4.78, 5) is 4.02. The molecular weight excluding hydrogens is 292 g/mol. The molecule has 5 heteroatoms. The molecule has 2 aromatic heterocycles. The molecule has 1 N–H and O–H groups in total. The fraction of sp³-hybridized carbons (Fsp3) is 0.235. The van der Waals surface area contributed by atoms with Gasteiger partial charge in [-0.3, -0.25) is 14.6 Å². The molecule has 0 saturated carbocycles. The van der Waals surface area contributed by atoms with Crippen molar-refractivity contribution in [3.05, 3.63) is 59.1 Å². The number of rotatable bonds is 2. The second-order valence-electron chi connectivity index (χ2n) is 4.97. The van der Waals surface area contributed by atoms with E-state index in [1.165, 1.54) is 12.0 Å². The van der Waals surface area contributed by atoms with Crippen molar-refractivity contribution in [2.45, 2.75) is 27.2 Å². The van der Waals surface area contributed by atoms with Crippen LogP contribution in [0.4, 0.5) is 0 Å². The van der Waals surface area contributed by atoms with Gasteiger partial charge in [0.05, 0.1) is 0 Å². The first kappa shape index (κ1) is 16.1. The number of hydrogen-bond acceptors (Lipinski definition) is 3. The summed E-state index contributed by atoms with van der Waals surface area (Å²) in [5, 5.41) is 7.15. The minimum Gasteiger partial charge on any atom is -0.268 e. The van der Waals surface area contributed by atoms with Crippen LogP contribution in [0.2, 0.25) is 0 Å². The van der Waals surface area contributed by atoms with E-state index in [0.29, 0.717) is 4.77 Å². The lowest BCUT2D eigenvalue weighted by atomic mass is 10.2. The van der Waals surface area contributed by atoms with Gasteiger partial charge in [0.25, 0.3) is 0 Å². The van der Waals surface area contributed by atoms with Crippen LogP contribution < -0.4 is 0 Å². The van der Waals surface area contributed by atoms with E-state index in [1.807, 2.05) is 28.8 Å². The molecule has 0 bridgehead atoms. The molecule has 3 aromatic rings. The zero-order chi connectivity index (χ0) is 15.9. The number of benzene rings is 1. The van der Waals surface area contributed by atoms with Crippen LogP contribution in [-0.4, -0.2) is 19.7 Å². The molecule has 0 spiro atoms. The van der Waals surface area contributed by atoms with Gasteiger partial charge in [-0.25, -0.2) is 0 Å². The van der Waals surface area contributed by atoms with Crippen molar-refractivity contribution in [2.75, 3.05) is 0 Å². The Balaban J connectivity index is 0.000000545. The van der Waals surface area contributed by atoms with Crippen LogP contribution in [0, 0.1) is 11.7 Å². The molecule has 0 atom stereocenters. The highest BCUT2D eigenvalue weighted by molar-refractivity contribution is 7.71. The molecule has 0 radical (unpaired) electrons. The van der Waals surface area contributed by atoms with Crippen molar-refractivity contribution in [3.8, 4) is 17.1 Å². The molecule has 0 aliphatic carbocycles. The molecular formula is C17H20N4S. The maximum Gasteiger partial charge on any atom is 0.200 e. The number of nitrogens with one attached hydrogen (secondary N) is 1. The molecule has 3 rings (SSSR count). The van der Waals surface area contributed by atoms with Crippen molar-refractivity contribution in [2.24, 2.45) is 0 Å². The highest BCUT2D eigenvalue weighted by atomic mass is 32.1. The van der Waals surface area contributed by atoms with Gasteiger partial charge >= 0.3 is 0 Å². The SMILES string of the molecule is CCC.Cc1ccc(-n2c(-c3ccncc3)n[nH]c2=S)cc1. The molecule has 2 heterocycles. The lowest BCUT2D eigenvalue weighted by molar-refractivity contribution is 1.03. The van der Waals surface area contributed by atoms with Crippen LogP contribution in [0.5, 0.6) is 0 Å². The first-order valence-corrected chi connectivity index (χ1v) is 7.73. The molecule has 0 unspecified atom stereocenters.